The number of carbonyl (C=O) groups excluding carboxylic acids is 1. The second kappa shape index (κ2) is 4.65. The van der Waals surface area contributed by atoms with E-state index in [1.54, 1.807) is 18.2 Å². The Hall–Kier alpha value is -2.49. The van der Waals surface area contributed by atoms with Crippen LogP contribution in [-0.4, -0.2) is 13.1 Å². The van der Waals surface area contributed by atoms with E-state index >= 15 is 0 Å². The lowest BCUT2D eigenvalue weighted by Gasteiger charge is -2.10. The summed E-state index contributed by atoms with van der Waals surface area (Å²) >= 11 is 0. The summed E-state index contributed by atoms with van der Waals surface area (Å²) in [7, 11) is 1.37. The first kappa shape index (κ1) is 11.6. The van der Waals surface area contributed by atoms with Crippen LogP contribution in [0.1, 0.15) is 22.1 Å². The SMILES string of the molecule is COC(=O)c1ccc2c(c1)NC(c1ccccc1)O2. The average Bonchev–Trinajstić information content (AvgIpc) is 2.90. The van der Waals surface area contributed by atoms with Gasteiger partial charge in [0.05, 0.1) is 18.4 Å². The van der Waals surface area contributed by atoms with Gasteiger partial charge in [0.1, 0.15) is 5.75 Å². The van der Waals surface area contributed by atoms with E-state index < -0.39 is 0 Å². The fourth-order valence-corrected chi connectivity index (χ4v) is 2.07. The quantitative estimate of drug-likeness (QED) is 0.838. The fourth-order valence-electron chi connectivity index (χ4n) is 2.07. The molecule has 1 unspecified atom stereocenters. The van der Waals surface area contributed by atoms with Crippen LogP contribution in [0.25, 0.3) is 0 Å². The van der Waals surface area contributed by atoms with Crippen molar-refractivity contribution in [3.8, 4) is 5.75 Å². The minimum absolute atomic E-state index is 0.218. The number of esters is 1. The van der Waals surface area contributed by atoms with Gasteiger partial charge in [0.2, 0.25) is 0 Å². The highest BCUT2D eigenvalue weighted by Gasteiger charge is 2.24. The third kappa shape index (κ3) is 2.12. The zero-order valence-electron chi connectivity index (χ0n) is 10.4. The van der Waals surface area contributed by atoms with E-state index in [-0.39, 0.29) is 12.2 Å². The van der Waals surface area contributed by atoms with Crippen LogP contribution < -0.4 is 10.1 Å². The summed E-state index contributed by atoms with van der Waals surface area (Å²) in [5, 5.41) is 3.24. The second-order valence-corrected chi connectivity index (χ2v) is 4.26. The highest BCUT2D eigenvalue weighted by atomic mass is 16.5. The molecule has 1 aliphatic heterocycles. The van der Waals surface area contributed by atoms with Crippen LogP contribution in [0, 0.1) is 0 Å². The van der Waals surface area contributed by atoms with Crippen molar-refractivity contribution >= 4 is 11.7 Å². The summed E-state index contributed by atoms with van der Waals surface area (Å²) in [5.74, 6) is 0.384. The Morgan fingerprint density at radius 2 is 2.00 bits per heavy atom. The molecule has 96 valence electrons. The molecule has 0 fully saturated rings. The van der Waals surface area contributed by atoms with Gasteiger partial charge in [0.15, 0.2) is 6.23 Å². The molecule has 1 atom stereocenters. The number of anilines is 1. The minimum atomic E-state index is -0.354. The first-order valence-electron chi connectivity index (χ1n) is 5.98. The lowest BCUT2D eigenvalue weighted by molar-refractivity contribution is 0.0601. The molecule has 4 heteroatoms. The standard InChI is InChI=1S/C15H13NO3/c1-18-15(17)11-7-8-13-12(9-11)16-14(19-13)10-5-3-2-4-6-10/h2-9,14,16H,1H3. The molecule has 3 rings (SSSR count). The fraction of sp³-hybridized carbons (Fsp3) is 0.133. The predicted octanol–water partition coefficient (Wildman–Crippen LogP) is 2.98. The number of hydrogen-bond donors (Lipinski definition) is 1. The van der Waals surface area contributed by atoms with Crippen molar-refractivity contribution in [2.24, 2.45) is 0 Å². The molecule has 0 saturated carbocycles. The molecular formula is C15H13NO3. The third-order valence-electron chi connectivity index (χ3n) is 3.03. The predicted molar refractivity (Wildman–Crippen MR) is 71.2 cm³/mol. The maximum atomic E-state index is 11.5. The molecule has 4 nitrogen and oxygen atoms in total. The summed E-state index contributed by atoms with van der Waals surface area (Å²) in [6.45, 7) is 0. The Labute approximate surface area is 111 Å². The van der Waals surface area contributed by atoms with Crippen LogP contribution in [0.15, 0.2) is 48.5 Å². The number of methoxy groups -OCH3 is 1. The first-order chi connectivity index (χ1) is 9.28. The van der Waals surface area contributed by atoms with Gasteiger partial charge in [-0.1, -0.05) is 30.3 Å². The van der Waals surface area contributed by atoms with Crippen LogP contribution in [0.3, 0.4) is 0 Å². The van der Waals surface area contributed by atoms with E-state index in [1.807, 2.05) is 30.3 Å². The molecule has 0 bridgehead atoms. The maximum Gasteiger partial charge on any atom is 0.337 e. The highest BCUT2D eigenvalue weighted by molar-refractivity contribution is 5.91. The molecule has 1 N–H and O–H groups in total. The lowest BCUT2D eigenvalue weighted by atomic mass is 10.2. The normalized spacial score (nSPS) is 16.2. The minimum Gasteiger partial charge on any atom is -0.465 e. The highest BCUT2D eigenvalue weighted by Crippen LogP contribution is 2.38. The average molecular weight is 255 g/mol. The maximum absolute atomic E-state index is 11.5. The molecule has 1 heterocycles. The van der Waals surface area contributed by atoms with Crippen LogP contribution in [0.5, 0.6) is 5.75 Å². The molecule has 19 heavy (non-hydrogen) atoms. The largest absolute Gasteiger partial charge is 0.465 e. The Bertz CT molecular complexity index is 610. The van der Waals surface area contributed by atoms with Gasteiger partial charge in [0, 0.05) is 5.56 Å². The van der Waals surface area contributed by atoms with Crippen molar-refractivity contribution in [3.05, 3.63) is 59.7 Å². The Morgan fingerprint density at radius 3 is 2.74 bits per heavy atom. The molecule has 1 aliphatic rings. The van der Waals surface area contributed by atoms with Gasteiger partial charge in [0.25, 0.3) is 0 Å². The molecule has 0 aromatic heterocycles. The summed E-state index contributed by atoms with van der Waals surface area (Å²) < 4.78 is 10.5. The topological polar surface area (TPSA) is 47.6 Å². The van der Waals surface area contributed by atoms with Gasteiger partial charge in [-0.05, 0) is 18.2 Å². The number of hydrogen-bond acceptors (Lipinski definition) is 4. The number of carbonyl (C=O) groups is 1. The molecule has 2 aromatic rings. The van der Waals surface area contributed by atoms with Gasteiger partial charge in [-0.2, -0.15) is 0 Å². The molecule has 0 radical (unpaired) electrons. The molecule has 2 aromatic carbocycles. The van der Waals surface area contributed by atoms with Crippen LogP contribution >= 0.6 is 0 Å². The molecule has 0 aliphatic carbocycles. The van der Waals surface area contributed by atoms with E-state index in [9.17, 15) is 4.79 Å². The number of ether oxygens (including phenoxy) is 2. The summed E-state index contributed by atoms with van der Waals surface area (Å²) in [6, 6.07) is 15.1. The van der Waals surface area contributed by atoms with Gasteiger partial charge in [-0.3, -0.25) is 0 Å². The van der Waals surface area contributed by atoms with Gasteiger partial charge < -0.3 is 14.8 Å². The van der Waals surface area contributed by atoms with Crippen molar-refractivity contribution in [3.63, 3.8) is 0 Å². The van der Waals surface area contributed by atoms with Crippen LogP contribution in [0.2, 0.25) is 0 Å². The van der Waals surface area contributed by atoms with E-state index in [1.165, 1.54) is 7.11 Å². The Kier molecular flexibility index (Phi) is 2.83. The zero-order valence-corrected chi connectivity index (χ0v) is 10.4. The zero-order chi connectivity index (χ0) is 13.2. The lowest BCUT2D eigenvalue weighted by Crippen LogP contribution is -2.09. The van der Waals surface area contributed by atoms with Crippen molar-refractivity contribution in [1.29, 1.82) is 0 Å². The van der Waals surface area contributed by atoms with E-state index in [2.05, 4.69) is 5.32 Å². The van der Waals surface area contributed by atoms with E-state index in [0.29, 0.717) is 5.56 Å². The van der Waals surface area contributed by atoms with E-state index in [4.69, 9.17) is 9.47 Å². The summed E-state index contributed by atoms with van der Waals surface area (Å²) in [5.41, 5.74) is 2.35. The molecule has 0 amide bonds. The molecule has 0 saturated heterocycles. The van der Waals surface area contributed by atoms with Crippen molar-refractivity contribution in [1.82, 2.24) is 0 Å². The third-order valence-corrected chi connectivity index (χ3v) is 3.03. The van der Waals surface area contributed by atoms with Crippen LogP contribution in [-0.2, 0) is 4.74 Å². The summed E-state index contributed by atoms with van der Waals surface area (Å²) in [6.07, 6.45) is -0.218. The second-order valence-electron chi connectivity index (χ2n) is 4.26. The van der Waals surface area contributed by atoms with E-state index in [0.717, 1.165) is 17.0 Å². The number of fused-ring (bicyclic) bond motifs is 1. The molecule has 0 spiro atoms. The Balaban J connectivity index is 1.86. The van der Waals surface area contributed by atoms with Crippen molar-refractivity contribution in [2.45, 2.75) is 6.23 Å². The van der Waals surface area contributed by atoms with Gasteiger partial charge in [-0.15, -0.1) is 0 Å². The monoisotopic (exact) mass is 255 g/mol. The number of rotatable bonds is 2. The van der Waals surface area contributed by atoms with Crippen molar-refractivity contribution in [2.75, 3.05) is 12.4 Å². The number of benzene rings is 2. The van der Waals surface area contributed by atoms with Crippen LogP contribution in [0.4, 0.5) is 5.69 Å². The van der Waals surface area contributed by atoms with Gasteiger partial charge >= 0.3 is 5.97 Å². The molecular weight excluding hydrogens is 242 g/mol. The smallest absolute Gasteiger partial charge is 0.337 e. The van der Waals surface area contributed by atoms with Crippen molar-refractivity contribution < 1.29 is 14.3 Å². The Morgan fingerprint density at radius 1 is 1.21 bits per heavy atom. The van der Waals surface area contributed by atoms with Gasteiger partial charge in [-0.25, -0.2) is 4.79 Å². The number of nitrogens with one attached hydrogen (secondary N) is 1. The first-order valence-corrected chi connectivity index (χ1v) is 5.98. The summed E-state index contributed by atoms with van der Waals surface area (Å²) in [4.78, 5) is 11.5.